The minimum Gasteiger partial charge on any atom is -0.434 e. The van der Waals surface area contributed by atoms with Gasteiger partial charge in [-0.15, -0.1) is 18.3 Å². The lowest BCUT2D eigenvalue weighted by Gasteiger charge is -2.41. The molecule has 0 radical (unpaired) electrons. The van der Waals surface area contributed by atoms with E-state index in [4.69, 9.17) is 16.8 Å². The van der Waals surface area contributed by atoms with Crippen LogP contribution >= 0.6 is 11.8 Å². The Labute approximate surface area is 169 Å². The second kappa shape index (κ2) is 9.84. The average Bonchev–Trinajstić information content (AvgIpc) is 2.97. The van der Waals surface area contributed by atoms with Crippen molar-refractivity contribution in [1.82, 2.24) is 0 Å². The SMILES string of the molecule is C=C[Si](C)(O[Si](C)(C)C)O[Si](C)(CCC[C@H]1C=CSC1)O[Si](C)(C)OC. The van der Waals surface area contributed by atoms with E-state index in [1.807, 2.05) is 17.5 Å². The summed E-state index contributed by atoms with van der Waals surface area (Å²) in [6.07, 6.45) is 4.63. The van der Waals surface area contributed by atoms with Gasteiger partial charge in [-0.05, 0) is 69.6 Å². The summed E-state index contributed by atoms with van der Waals surface area (Å²) in [5.41, 5.74) is 1.91. The Balaban J connectivity index is 2.86. The van der Waals surface area contributed by atoms with Crippen LogP contribution in [-0.4, -0.2) is 46.9 Å². The number of rotatable bonds is 12. The zero-order valence-corrected chi connectivity index (χ0v) is 22.7. The summed E-state index contributed by atoms with van der Waals surface area (Å²) < 4.78 is 25.4. The highest BCUT2D eigenvalue weighted by atomic mass is 32.2. The fourth-order valence-corrected chi connectivity index (χ4v) is 20.3. The smallest absolute Gasteiger partial charge is 0.342 e. The van der Waals surface area contributed by atoms with Crippen LogP contribution in [-0.2, 0) is 16.8 Å². The molecule has 9 heteroatoms. The zero-order chi connectivity index (χ0) is 20.1. The summed E-state index contributed by atoms with van der Waals surface area (Å²) in [6, 6.07) is 0.966. The zero-order valence-electron chi connectivity index (χ0n) is 17.9. The molecule has 1 aliphatic rings. The van der Waals surface area contributed by atoms with E-state index in [1.165, 1.54) is 12.2 Å². The lowest BCUT2D eigenvalue weighted by Crippen LogP contribution is -2.58. The normalized spacial score (nSPS) is 22.8. The molecule has 4 nitrogen and oxygen atoms in total. The molecule has 2 unspecified atom stereocenters. The van der Waals surface area contributed by atoms with Crippen molar-refractivity contribution < 1.29 is 16.8 Å². The van der Waals surface area contributed by atoms with Gasteiger partial charge in [-0.25, -0.2) is 0 Å². The van der Waals surface area contributed by atoms with E-state index < -0.39 is 34.0 Å². The van der Waals surface area contributed by atoms with Crippen molar-refractivity contribution in [2.24, 2.45) is 5.92 Å². The van der Waals surface area contributed by atoms with Crippen molar-refractivity contribution in [1.29, 1.82) is 0 Å². The van der Waals surface area contributed by atoms with Crippen LogP contribution in [0.3, 0.4) is 0 Å². The minimum atomic E-state index is -2.48. The predicted octanol–water partition coefficient (Wildman–Crippen LogP) is 5.75. The quantitative estimate of drug-likeness (QED) is 0.354. The summed E-state index contributed by atoms with van der Waals surface area (Å²) in [4.78, 5) is 0. The van der Waals surface area contributed by atoms with Gasteiger partial charge in [0.05, 0.1) is 0 Å². The molecule has 0 fully saturated rings. The molecule has 1 aliphatic heterocycles. The average molecular weight is 451 g/mol. The molecule has 0 bridgehead atoms. The molecule has 152 valence electrons. The van der Waals surface area contributed by atoms with Crippen molar-refractivity contribution in [3.05, 3.63) is 23.8 Å². The highest BCUT2D eigenvalue weighted by molar-refractivity contribution is 8.02. The van der Waals surface area contributed by atoms with E-state index >= 15 is 0 Å². The number of allylic oxidation sites excluding steroid dienone is 1. The van der Waals surface area contributed by atoms with Gasteiger partial charge in [0, 0.05) is 12.9 Å². The van der Waals surface area contributed by atoms with Gasteiger partial charge in [0.15, 0.2) is 8.32 Å². The van der Waals surface area contributed by atoms with Crippen molar-refractivity contribution in [2.75, 3.05) is 12.9 Å². The summed E-state index contributed by atoms with van der Waals surface area (Å²) in [5.74, 6) is 1.89. The van der Waals surface area contributed by atoms with Crippen LogP contribution in [0.25, 0.3) is 0 Å². The van der Waals surface area contributed by atoms with Gasteiger partial charge in [0.25, 0.3) is 0 Å². The van der Waals surface area contributed by atoms with E-state index in [2.05, 4.69) is 63.9 Å². The summed E-state index contributed by atoms with van der Waals surface area (Å²) in [5, 5.41) is 2.22. The van der Waals surface area contributed by atoms with Gasteiger partial charge in [-0.2, -0.15) is 0 Å². The molecule has 0 N–H and O–H groups in total. The van der Waals surface area contributed by atoms with Crippen molar-refractivity contribution in [3.63, 3.8) is 0 Å². The van der Waals surface area contributed by atoms with Crippen molar-refractivity contribution in [3.8, 4) is 0 Å². The largest absolute Gasteiger partial charge is 0.434 e. The molecule has 0 saturated carbocycles. The minimum absolute atomic E-state index is 0.687. The fourth-order valence-electron chi connectivity index (χ4n) is 3.09. The van der Waals surface area contributed by atoms with Crippen molar-refractivity contribution in [2.45, 2.75) is 64.7 Å². The van der Waals surface area contributed by atoms with Crippen LogP contribution in [0.1, 0.15) is 12.8 Å². The summed E-state index contributed by atoms with van der Waals surface area (Å²) in [6.45, 7) is 19.1. The van der Waals surface area contributed by atoms with Crippen LogP contribution in [0.2, 0.25) is 51.9 Å². The molecular weight excluding hydrogens is 413 g/mol. The third-order valence-corrected chi connectivity index (χ3v) is 19.3. The van der Waals surface area contributed by atoms with E-state index in [0.29, 0.717) is 5.92 Å². The second-order valence-corrected chi connectivity index (χ2v) is 24.7. The van der Waals surface area contributed by atoms with Gasteiger partial charge in [-0.3, -0.25) is 0 Å². The van der Waals surface area contributed by atoms with Crippen LogP contribution < -0.4 is 0 Å². The molecule has 0 aromatic rings. The van der Waals surface area contributed by atoms with Gasteiger partial charge in [-0.1, -0.05) is 18.2 Å². The molecule has 0 aliphatic carbocycles. The van der Waals surface area contributed by atoms with Crippen LogP contribution in [0, 0.1) is 5.92 Å². The maximum Gasteiger partial charge on any atom is 0.342 e. The van der Waals surface area contributed by atoms with Crippen LogP contribution in [0.5, 0.6) is 0 Å². The van der Waals surface area contributed by atoms with E-state index in [0.717, 1.165) is 12.5 Å². The Hall–Kier alpha value is 0.538. The molecule has 3 atom stereocenters. The molecule has 1 rings (SSSR count). The molecule has 1 heterocycles. The first kappa shape index (κ1) is 24.6. The molecule has 0 aromatic heterocycles. The number of hydrogen-bond donors (Lipinski definition) is 0. The Morgan fingerprint density at radius 3 is 2.19 bits per heavy atom. The Bertz CT molecular complexity index is 498. The molecule has 26 heavy (non-hydrogen) atoms. The third kappa shape index (κ3) is 9.15. The first-order valence-corrected chi connectivity index (χ1v) is 21.6. The lowest BCUT2D eigenvalue weighted by molar-refractivity contribution is 0.261. The van der Waals surface area contributed by atoms with Gasteiger partial charge < -0.3 is 16.8 Å². The summed E-state index contributed by atoms with van der Waals surface area (Å²) >= 11 is 1.91. The summed E-state index contributed by atoms with van der Waals surface area (Å²) in [7, 11) is -7.11. The predicted molar refractivity (Wildman–Crippen MR) is 124 cm³/mol. The van der Waals surface area contributed by atoms with Crippen molar-refractivity contribution >= 4 is 45.8 Å². The highest BCUT2D eigenvalue weighted by Crippen LogP contribution is 2.31. The Morgan fingerprint density at radius 1 is 1.08 bits per heavy atom. The van der Waals surface area contributed by atoms with E-state index in [9.17, 15) is 0 Å². The molecule has 0 saturated heterocycles. The third-order valence-electron chi connectivity index (χ3n) is 4.21. The van der Waals surface area contributed by atoms with Gasteiger partial charge in [0.1, 0.15) is 0 Å². The first-order valence-electron chi connectivity index (χ1n) is 9.40. The molecular formula is C17H38O4SSi4. The molecule has 0 amide bonds. The maximum atomic E-state index is 6.73. The van der Waals surface area contributed by atoms with E-state index in [1.54, 1.807) is 7.11 Å². The fraction of sp³-hybridized carbons (Fsp3) is 0.765. The number of thioether (sulfide) groups is 1. The second-order valence-electron chi connectivity index (χ2n) is 8.69. The Kier molecular flexibility index (Phi) is 9.30. The van der Waals surface area contributed by atoms with Gasteiger partial charge in [0.2, 0.25) is 0 Å². The highest BCUT2D eigenvalue weighted by Gasteiger charge is 2.46. The molecule has 0 aromatic carbocycles. The topological polar surface area (TPSA) is 36.9 Å². The lowest BCUT2D eigenvalue weighted by atomic mass is 10.1. The van der Waals surface area contributed by atoms with Crippen LogP contribution in [0.15, 0.2) is 23.8 Å². The monoisotopic (exact) mass is 450 g/mol. The standard InChI is InChI=1S/C17H38O4SSi4/c1-10-25(8,19-23(3,4)5)21-26(9,20-24(6,7)18-2)15-11-12-17-13-14-22-16-17/h10,13-14,17H,1,11-12,15-16H2,2-9H3/t17-,25?,26?/m0/s1. The van der Waals surface area contributed by atoms with Crippen LogP contribution in [0.4, 0.5) is 0 Å². The maximum absolute atomic E-state index is 6.73. The number of hydrogen-bond acceptors (Lipinski definition) is 5. The van der Waals surface area contributed by atoms with Gasteiger partial charge >= 0.3 is 25.7 Å². The molecule has 0 spiro atoms. The van der Waals surface area contributed by atoms with E-state index in [-0.39, 0.29) is 0 Å². The first-order chi connectivity index (χ1) is 11.8. The Morgan fingerprint density at radius 2 is 1.73 bits per heavy atom.